The van der Waals surface area contributed by atoms with Gasteiger partial charge in [0.25, 0.3) is 0 Å². The summed E-state index contributed by atoms with van der Waals surface area (Å²) in [5, 5.41) is 0.659. The van der Waals surface area contributed by atoms with Crippen molar-refractivity contribution < 1.29 is 38.0 Å². The maximum atomic E-state index is 12.7. The largest absolute Gasteiger partial charge is 1.00 e. The highest BCUT2D eigenvalue weighted by atomic mass is 127. The Morgan fingerprint density at radius 3 is 2.48 bits per heavy atom. The summed E-state index contributed by atoms with van der Waals surface area (Å²) < 4.78 is 1.04. The number of amides is 1. The molecule has 1 atom stereocenters. The molecule has 4 nitrogen and oxygen atoms in total. The summed E-state index contributed by atoms with van der Waals surface area (Å²) in [6.45, 7) is 3.20. The number of halogens is 2. The average molecular weight is 573 g/mol. The van der Waals surface area contributed by atoms with Gasteiger partial charge >= 0.3 is 0 Å². The highest BCUT2D eigenvalue weighted by molar-refractivity contribution is 7.12. The molecule has 1 aromatic heterocycles. The quantitative estimate of drug-likeness (QED) is 0.404. The molecule has 1 amide bonds. The Morgan fingerprint density at radius 2 is 1.84 bits per heavy atom. The number of carbonyl (C=O) groups excluding carboxylic acids is 2. The van der Waals surface area contributed by atoms with E-state index in [0.717, 1.165) is 45.9 Å². The second-order valence-corrected chi connectivity index (χ2v) is 10.9. The Kier molecular flexibility index (Phi) is 8.21. The van der Waals surface area contributed by atoms with Gasteiger partial charge < -0.3 is 34.2 Å². The molecular weight excluding hydrogens is 543 g/mol. The Morgan fingerprint density at radius 1 is 1.16 bits per heavy atom. The van der Waals surface area contributed by atoms with Crippen LogP contribution in [0.25, 0.3) is 0 Å². The fraction of sp³-hybridized carbons (Fsp3) is 0.500. The summed E-state index contributed by atoms with van der Waals surface area (Å²) in [7, 11) is 2.34. The van der Waals surface area contributed by atoms with E-state index in [2.05, 4.69) is 7.05 Å². The lowest BCUT2D eigenvalue weighted by molar-refractivity contribution is -0.927. The van der Waals surface area contributed by atoms with Crippen LogP contribution in [0.15, 0.2) is 24.3 Å². The number of fused-ring (bicyclic) bond motifs is 1. The Bertz CT molecular complexity index is 953. The van der Waals surface area contributed by atoms with Crippen LogP contribution in [0, 0.1) is 5.92 Å². The van der Waals surface area contributed by atoms with E-state index in [-0.39, 0.29) is 36.2 Å². The molecule has 168 valence electrons. The smallest absolute Gasteiger partial charge is 0.250 e. The van der Waals surface area contributed by atoms with E-state index < -0.39 is 5.91 Å². The van der Waals surface area contributed by atoms with Crippen molar-refractivity contribution in [2.75, 3.05) is 20.1 Å². The maximum absolute atomic E-state index is 12.7. The molecule has 1 aliphatic heterocycles. The highest BCUT2D eigenvalue weighted by Crippen LogP contribution is 2.37. The first-order valence-electron chi connectivity index (χ1n) is 10.9. The average Bonchev–Trinajstić information content (AvgIpc) is 3.30. The van der Waals surface area contributed by atoms with Crippen molar-refractivity contribution in [1.82, 2.24) is 0 Å². The summed E-state index contributed by atoms with van der Waals surface area (Å²) in [5.74, 6) is 0.530. The molecule has 1 aromatic carbocycles. The van der Waals surface area contributed by atoms with Crippen LogP contribution in [-0.2, 0) is 30.6 Å². The lowest BCUT2D eigenvalue weighted by atomic mass is 9.96. The van der Waals surface area contributed by atoms with Crippen molar-refractivity contribution >= 4 is 34.6 Å². The minimum absolute atomic E-state index is 0. The number of quaternary nitrogens is 1. The van der Waals surface area contributed by atoms with E-state index in [1.807, 2.05) is 12.1 Å². The normalized spacial score (nSPS) is 20.8. The summed E-state index contributed by atoms with van der Waals surface area (Å²) in [6, 6.07) is 7.35. The molecule has 0 radical (unpaired) electrons. The fourth-order valence-electron chi connectivity index (χ4n) is 5.22. The van der Waals surface area contributed by atoms with Crippen molar-refractivity contribution in [1.29, 1.82) is 0 Å². The van der Waals surface area contributed by atoms with E-state index in [1.54, 1.807) is 23.5 Å². The van der Waals surface area contributed by atoms with Gasteiger partial charge in [-0.25, -0.2) is 0 Å². The van der Waals surface area contributed by atoms with Crippen molar-refractivity contribution in [3.05, 3.63) is 55.7 Å². The molecule has 2 N–H and O–H groups in total. The number of carbonyl (C=O) groups is 2. The predicted octanol–water partition coefficient (Wildman–Crippen LogP) is 1.55. The molecule has 7 heteroatoms. The van der Waals surface area contributed by atoms with Gasteiger partial charge in [-0.2, -0.15) is 0 Å². The van der Waals surface area contributed by atoms with Crippen molar-refractivity contribution in [2.24, 2.45) is 11.7 Å². The van der Waals surface area contributed by atoms with Crippen LogP contribution < -0.4 is 29.7 Å². The van der Waals surface area contributed by atoms with Gasteiger partial charge in [-0.1, -0.05) is 36.6 Å². The van der Waals surface area contributed by atoms with Crippen molar-refractivity contribution in [3.8, 4) is 0 Å². The standard InChI is InChI=1S/C24H29ClN2O2S.HI/c1-27(14-17-4-2-3-5-17)11-10-20-22(15-27)30-21(23(20)24(26)29)13-19(28)12-16-6-8-18(25)9-7-16;/h6-9,17H,2-5,10-15H2,1H3,(H-,26,29);1H. The van der Waals surface area contributed by atoms with E-state index in [0.29, 0.717) is 17.0 Å². The minimum atomic E-state index is -0.395. The predicted molar refractivity (Wildman–Crippen MR) is 122 cm³/mol. The number of Topliss-reactive ketones (excluding diaryl/α,β-unsaturated/α-hetero) is 1. The number of primary amides is 1. The molecule has 2 aromatic rings. The van der Waals surface area contributed by atoms with Gasteiger partial charge in [-0.05, 0) is 36.1 Å². The van der Waals surface area contributed by atoms with Crippen molar-refractivity contribution in [3.63, 3.8) is 0 Å². The van der Waals surface area contributed by atoms with Gasteiger partial charge in [0, 0.05) is 35.1 Å². The lowest BCUT2D eigenvalue weighted by Crippen LogP contribution is -3.00. The number of hydrogen-bond acceptors (Lipinski definition) is 3. The van der Waals surface area contributed by atoms with Crippen LogP contribution in [0.2, 0.25) is 5.02 Å². The summed E-state index contributed by atoms with van der Waals surface area (Å²) in [4.78, 5) is 27.1. The molecule has 1 fully saturated rings. The number of benzene rings is 1. The summed E-state index contributed by atoms with van der Waals surface area (Å²) in [5.41, 5.74) is 8.42. The van der Waals surface area contributed by atoms with Crippen molar-refractivity contribution in [2.45, 2.75) is 51.5 Å². The number of nitrogens with zero attached hydrogens (tertiary/aromatic N) is 1. The third-order valence-corrected chi connectivity index (χ3v) is 8.15. The first-order chi connectivity index (χ1) is 14.3. The zero-order chi connectivity index (χ0) is 21.3. The number of likely N-dealkylation sites (N-methyl/N-ethyl adjacent to an activating group) is 1. The molecule has 31 heavy (non-hydrogen) atoms. The Labute approximate surface area is 210 Å². The van der Waals surface area contributed by atoms with Crippen LogP contribution in [0.4, 0.5) is 0 Å². The van der Waals surface area contributed by atoms with E-state index in [4.69, 9.17) is 17.3 Å². The van der Waals surface area contributed by atoms with E-state index in [9.17, 15) is 9.59 Å². The van der Waals surface area contributed by atoms with Crippen LogP contribution in [-0.4, -0.2) is 36.3 Å². The van der Waals surface area contributed by atoms with E-state index in [1.165, 1.54) is 37.1 Å². The minimum Gasteiger partial charge on any atom is -1.00 e. The molecule has 0 saturated heterocycles. The molecule has 2 heterocycles. The number of nitrogens with two attached hydrogens (primary N) is 1. The van der Waals surface area contributed by atoms with Crippen LogP contribution >= 0.6 is 22.9 Å². The van der Waals surface area contributed by atoms with Gasteiger partial charge in [-0.15, -0.1) is 11.3 Å². The zero-order valence-electron chi connectivity index (χ0n) is 18.0. The molecule has 0 spiro atoms. The molecule has 4 rings (SSSR count). The van der Waals surface area contributed by atoms with Crippen LogP contribution in [0.3, 0.4) is 0 Å². The Hall–Kier alpha value is -0.960. The highest BCUT2D eigenvalue weighted by Gasteiger charge is 2.36. The first-order valence-corrected chi connectivity index (χ1v) is 12.1. The van der Waals surface area contributed by atoms with Gasteiger partial charge in [0.05, 0.1) is 30.6 Å². The van der Waals surface area contributed by atoms with Crippen LogP contribution in [0.5, 0.6) is 0 Å². The molecule has 1 saturated carbocycles. The fourth-order valence-corrected chi connectivity index (χ4v) is 6.91. The summed E-state index contributed by atoms with van der Waals surface area (Å²) >= 11 is 7.57. The third kappa shape index (κ3) is 5.89. The zero-order valence-corrected chi connectivity index (χ0v) is 21.7. The number of ketones is 1. The second-order valence-electron chi connectivity index (χ2n) is 9.27. The topological polar surface area (TPSA) is 60.2 Å². The van der Waals surface area contributed by atoms with Gasteiger partial charge in [-0.3, -0.25) is 9.59 Å². The van der Waals surface area contributed by atoms with Gasteiger partial charge in [0.2, 0.25) is 5.91 Å². The number of rotatable bonds is 7. The maximum Gasteiger partial charge on any atom is 0.250 e. The molecule has 2 aliphatic rings. The molecule has 1 aliphatic carbocycles. The SMILES string of the molecule is C[N+]1(CC2CCCC2)CCc2c(sc(CC(=O)Cc3ccc(Cl)cc3)c2C(N)=O)C1.[I-]. The van der Waals surface area contributed by atoms with Crippen LogP contribution in [0.1, 0.15) is 56.9 Å². The number of hydrogen-bond donors (Lipinski definition) is 1. The molecule has 1 unspecified atom stereocenters. The second kappa shape index (κ2) is 10.3. The first kappa shape index (κ1) is 24.7. The lowest BCUT2D eigenvalue weighted by Gasteiger charge is -2.39. The Balaban J connectivity index is 0.00000272. The molecule has 0 bridgehead atoms. The monoisotopic (exact) mass is 572 g/mol. The summed E-state index contributed by atoms with van der Waals surface area (Å²) in [6.07, 6.45) is 6.91. The third-order valence-electron chi connectivity index (χ3n) is 6.68. The van der Waals surface area contributed by atoms with Gasteiger partial charge in [0.15, 0.2) is 0 Å². The van der Waals surface area contributed by atoms with Gasteiger partial charge in [0.1, 0.15) is 12.3 Å². The van der Waals surface area contributed by atoms with E-state index >= 15 is 0 Å². The number of thiophene rings is 1. The molecular formula is C24H30ClIN2O2S.